The van der Waals surface area contributed by atoms with Crippen LogP contribution in [0.25, 0.3) is 6.08 Å². The Bertz CT molecular complexity index is 598. The van der Waals surface area contributed by atoms with Gasteiger partial charge in [-0.2, -0.15) is 0 Å². The van der Waals surface area contributed by atoms with Gasteiger partial charge in [-0.3, -0.25) is 0 Å². The predicted octanol–water partition coefficient (Wildman–Crippen LogP) is 4.51. The number of nitrogens with one attached hydrogen (secondary N) is 1. The molecule has 0 aromatic heterocycles. The van der Waals surface area contributed by atoms with Crippen LogP contribution in [0.2, 0.25) is 0 Å². The Labute approximate surface area is 115 Å². The summed E-state index contributed by atoms with van der Waals surface area (Å²) < 4.78 is 0. The molecule has 0 heterocycles. The van der Waals surface area contributed by atoms with E-state index in [1.54, 1.807) is 0 Å². The average Bonchev–Trinajstić information content (AvgIpc) is 2.60. The zero-order valence-electron chi connectivity index (χ0n) is 11.3. The van der Waals surface area contributed by atoms with E-state index in [0.717, 1.165) is 19.3 Å². The fraction of sp³-hybridized carbons (Fsp3) is 0.278. The lowest BCUT2D eigenvalue weighted by Crippen LogP contribution is -2.20. The molecule has 0 aliphatic heterocycles. The number of fused-ring (bicyclic) bond motifs is 1. The number of hydrogen-bond acceptors (Lipinski definition) is 1. The van der Waals surface area contributed by atoms with Crippen LogP contribution in [0.5, 0.6) is 0 Å². The minimum atomic E-state index is 0.396. The molecule has 0 radical (unpaired) electrons. The van der Waals surface area contributed by atoms with Crippen LogP contribution in [0.15, 0.2) is 59.5 Å². The smallest absolute Gasteiger partial charge is 0.0522 e. The highest BCUT2D eigenvalue weighted by atomic mass is 14.9. The molecule has 1 heteroatoms. The fourth-order valence-electron chi connectivity index (χ4n) is 2.74. The Kier molecular flexibility index (Phi) is 3.39. The van der Waals surface area contributed by atoms with Crippen molar-refractivity contribution < 1.29 is 0 Å². The van der Waals surface area contributed by atoms with Crippen molar-refractivity contribution in [2.75, 3.05) is 0 Å². The molecule has 2 aliphatic carbocycles. The summed E-state index contributed by atoms with van der Waals surface area (Å²) in [6.07, 6.45) is 11.9. The maximum Gasteiger partial charge on any atom is 0.0522 e. The molecular formula is C18H19N. The van der Waals surface area contributed by atoms with Gasteiger partial charge in [-0.25, -0.2) is 0 Å². The summed E-state index contributed by atoms with van der Waals surface area (Å²) in [5.74, 6) is 0. The Balaban J connectivity index is 1.90. The van der Waals surface area contributed by atoms with Gasteiger partial charge in [0.15, 0.2) is 0 Å². The van der Waals surface area contributed by atoms with Gasteiger partial charge in [0, 0.05) is 11.8 Å². The predicted molar refractivity (Wildman–Crippen MR) is 80.6 cm³/mol. The summed E-state index contributed by atoms with van der Waals surface area (Å²) in [4.78, 5) is 0. The fourth-order valence-corrected chi connectivity index (χ4v) is 2.74. The zero-order chi connectivity index (χ0) is 13.1. The van der Waals surface area contributed by atoms with E-state index in [9.17, 15) is 0 Å². The van der Waals surface area contributed by atoms with Crippen LogP contribution < -0.4 is 5.32 Å². The first-order valence-electron chi connectivity index (χ1n) is 6.97. The van der Waals surface area contributed by atoms with Crippen LogP contribution in [0, 0.1) is 0 Å². The molecule has 2 aliphatic rings. The third kappa shape index (κ3) is 2.72. The third-order valence-electron chi connectivity index (χ3n) is 3.75. The van der Waals surface area contributed by atoms with E-state index in [4.69, 9.17) is 0 Å². The number of hydrogen-bond donors (Lipinski definition) is 1. The van der Waals surface area contributed by atoms with Crippen LogP contribution >= 0.6 is 0 Å². The number of allylic oxidation sites excluding steroid dienone is 3. The summed E-state index contributed by atoms with van der Waals surface area (Å²) in [6, 6.07) is 9.10. The SMILES string of the molecule is CC1=Cc2ccccc2C(NC2=CCC=C=C2)CC1. The van der Waals surface area contributed by atoms with E-state index in [2.05, 4.69) is 60.5 Å². The van der Waals surface area contributed by atoms with Crippen molar-refractivity contribution in [1.82, 2.24) is 5.32 Å². The number of benzene rings is 1. The van der Waals surface area contributed by atoms with Gasteiger partial charge < -0.3 is 5.32 Å². The Morgan fingerprint density at radius 2 is 2.16 bits per heavy atom. The van der Waals surface area contributed by atoms with E-state index < -0.39 is 0 Å². The highest BCUT2D eigenvalue weighted by Crippen LogP contribution is 2.30. The second-order valence-corrected chi connectivity index (χ2v) is 5.27. The van der Waals surface area contributed by atoms with Crippen LogP contribution in [0.1, 0.15) is 43.4 Å². The monoisotopic (exact) mass is 249 g/mol. The van der Waals surface area contributed by atoms with Crippen molar-refractivity contribution in [3.05, 3.63) is 70.6 Å². The maximum absolute atomic E-state index is 3.66. The Morgan fingerprint density at radius 1 is 1.26 bits per heavy atom. The average molecular weight is 249 g/mol. The van der Waals surface area contributed by atoms with Crippen molar-refractivity contribution in [3.8, 4) is 0 Å². The zero-order valence-corrected chi connectivity index (χ0v) is 11.3. The summed E-state index contributed by atoms with van der Waals surface area (Å²) in [7, 11) is 0. The summed E-state index contributed by atoms with van der Waals surface area (Å²) in [6.45, 7) is 2.22. The first-order chi connectivity index (χ1) is 9.33. The molecule has 0 spiro atoms. The molecule has 0 bridgehead atoms. The Hall–Kier alpha value is -1.98. The lowest BCUT2D eigenvalue weighted by molar-refractivity contribution is 0.560. The molecule has 3 rings (SSSR count). The normalized spacial score (nSPS) is 21.2. The van der Waals surface area contributed by atoms with E-state index in [0.29, 0.717) is 6.04 Å². The first kappa shape index (κ1) is 12.1. The topological polar surface area (TPSA) is 12.0 Å². The first-order valence-corrected chi connectivity index (χ1v) is 6.97. The molecule has 1 atom stereocenters. The number of rotatable bonds is 2. The quantitative estimate of drug-likeness (QED) is 0.760. The molecule has 1 N–H and O–H groups in total. The lowest BCUT2D eigenvalue weighted by Gasteiger charge is -2.21. The molecule has 19 heavy (non-hydrogen) atoms. The Morgan fingerprint density at radius 3 is 3.00 bits per heavy atom. The standard InChI is InChI=1S/C18H19N/c1-14-11-12-18(19-16-8-3-2-4-9-16)17-10-6-5-7-15(17)13-14/h2,5-10,13,18-19H,3,11-12H2,1H3. The van der Waals surface area contributed by atoms with Crippen molar-refractivity contribution in [2.24, 2.45) is 0 Å². The van der Waals surface area contributed by atoms with E-state index in [1.165, 1.54) is 22.4 Å². The minimum absolute atomic E-state index is 0.396. The molecule has 1 aromatic carbocycles. The molecule has 1 nitrogen and oxygen atoms in total. The van der Waals surface area contributed by atoms with Gasteiger partial charge in [0.25, 0.3) is 0 Å². The van der Waals surface area contributed by atoms with Gasteiger partial charge in [0.2, 0.25) is 0 Å². The summed E-state index contributed by atoms with van der Waals surface area (Å²) >= 11 is 0. The van der Waals surface area contributed by atoms with Gasteiger partial charge in [-0.05, 0) is 43.4 Å². The second kappa shape index (κ2) is 5.34. The molecule has 0 fully saturated rings. The molecule has 96 valence electrons. The van der Waals surface area contributed by atoms with Crippen molar-refractivity contribution in [1.29, 1.82) is 0 Å². The van der Waals surface area contributed by atoms with Crippen LogP contribution in [0.3, 0.4) is 0 Å². The van der Waals surface area contributed by atoms with Crippen LogP contribution in [-0.2, 0) is 0 Å². The van der Waals surface area contributed by atoms with Crippen molar-refractivity contribution in [3.63, 3.8) is 0 Å². The van der Waals surface area contributed by atoms with Crippen molar-refractivity contribution in [2.45, 2.75) is 32.2 Å². The van der Waals surface area contributed by atoms with E-state index in [1.807, 2.05) is 6.08 Å². The summed E-state index contributed by atoms with van der Waals surface area (Å²) in [5.41, 5.74) is 8.60. The molecule has 0 saturated carbocycles. The largest absolute Gasteiger partial charge is 0.378 e. The van der Waals surface area contributed by atoms with Gasteiger partial charge in [0.1, 0.15) is 0 Å². The molecule has 1 unspecified atom stereocenters. The molecule has 0 saturated heterocycles. The van der Waals surface area contributed by atoms with E-state index >= 15 is 0 Å². The highest BCUT2D eigenvalue weighted by Gasteiger charge is 2.17. The highest BCUT2D eigenvalue weighted by molar-refractivity contribution is 5.58. The van der Waals surface area contributed by atoms with Gasteiger partial charge >= 0.3 is 0 Å². The van der Waals surface area contributed by atoms with Gasteiger partial charge in [-0.15, -0.1) is 5.73 Å². The summed E-state index contributed by atoms with van der Waals surface area (Å²) in [5, 5.41) is 3.66. The van der Waals surface area contributed by atoms with Crippen LogP contribution in [0.4, 0.5) is 0 Å². The van der Waals surface area contributed by atoms with Crippen LogP contribution in [-0.4, -0.2) is 0 Å². The second-order valence-electron chi connectivity index (χ2n) is 5.27. The maximum atomic E-state index is 3.66. The van der Waals surface area contributed by atoms with Gasteiger partial charge in [-0.1, -0.05) is 42.0 Å². The lowest BCUT2D eigenvalue weighted by atomic mass is 9.99. The molecule has 1 aromatic rings. The molecular weight excluding hydrogens is 230 g/mol. The van der Waals surface area contributed by atoms with Crippen molar-refractivity contribution >= 4 is 6.08 Å². The van der Waals surface area contributed by atoms with Gasteiger partial charge in [0.05, 0.1) is 6.04 Å². The minimum Gasteiger partial charge on any atom is -0.378 e. The van der Waals surface area contributed by atoms with E-state index in [-0.39, 0.29) is 0 Å². The molecule has 0 amide bonds. The third-order valence-corrected chi connectivity index (χ3v) is 3.75.